The van der Waals surface area contributed by atoms with Crippen molar-refractivity contribution in [3.63, 3.8) is 0 Å². The van der Waals surface area contributed by atoms with Crippen molar-refractivity contribution >= 4 is 50.1 Å². The lowest BCUT2D eigenvalue weighted by Crippen LogP contribution is -1.81. The Kier molecular flexibility index (Phi) is 3.69. The van der Waals surface area contributed by atoms with Crippen LogP contribution in [0.4, 0.5) is 0 Å². The minimum Gasteiger partial charge on any atom is -0.0843 e. The van der Waals surface area contributed by atoms with Gasteiger partial charge in [0.05, 0.1) is 0 Å². The summed E-state index contributed by atoms with van der Waals surface area (Å²) in [6.45, 7) is 0. The second-order valence-corrected chi connectivity index (χ2v) is 5.53. The minimum atomic E-state index is 0.701. The Bertz CT molecular complexity index is 497. The first-order valence-corrected chi connectivity index (χ1v) is 6.54. The van der Waals surface area contributed by atoms with Crippen LogP contribution in [0.3, 0.4) is 0 Å². The summed E-state index contributed by atoms with van der Waals surface area (Å²) < 4.78 is 2.14. The Labute approximate surface area is 116 Å². The molecule has 15 heavy (non-hydrogen) atoms. The number of hydrogen-bond donors (Lipinski definition) is 0. The summed E-state index contributed by atoms with van der Waals surface area (Å²) in [6, 6.07) is 15.0. The van der Waals surface area contributed by atoms with Crippen LogP contribution in [0, 0.1) is 9.64 Å². The molecule has 1 radical (unpaired) electrons. The summed E-state index contributed by atoms with van der Waals surface area (Å²) in [5, 5.41) is 0.701. The fourth-order valence-corrected chi connectivity index (χ4v) is 2.48. The van der Waals surface area contributed by atoms with E-state index in [9.17, 15) is 0 Å². The second kappa shape index (κ2) is 4.85. The molecule has 75 valence electrons. The first kappa shape index (κ1) is 11.4. The van der Waals surface area contributed by atoms with Gasteiger partial charge in [-0.3, -0.25) is 0 Å². The van der Waals surface area contributed by atoms with Gasteiger partial charge in [-0.25, -0.2) is 0 Å². The van der Waals surface area contributed by atoms with Crippen LogP contribution in [0.25, 0.3) is 11.1 Å². The lowest BCUT2D eigenvalue weighted by molar-refractivity contribution is 1.55. The van der Waals surface area contributed by atoms with Crippen LogP contribution >= 0.6 is 50.1 Å². The van der Waals surface area contributed by atoms with E-state index in [2.05, 4.69) is 62.8 Å². The van der Waals surface area contributed by atoms with E-state index in [0.29, 0.717) is 5.02 Å². The SMILES string of the molecule is Clc1c[c]c(Br)c(-c2cccc(I)c2)c1. The number of benzene rings is 2. The van der Waals surface area contributed by atoms with E-state index in [4.69, 9.17) is 11.6 Å². The zero-order valence-corrected chi connectivity index (χ0v) is 12.1. The average molecular weight is 392 g/mol. The summed E-state index contributed by atoms with van der Waals surface area (Å²) in [5.41, 5.74) is 2.22. The number of hydrogen-bond acceptors (Lipinski definition) is 0. The van der Waals surface area contributed by atoms with Crippen molar-refractivity contribution < 1.29 is 0 Å². The highest BCUT2D eigenvalue weighted by Crippen LogP contribution is 2.30. The highest BCUT2D eigenvalue weighted by molar-refractivity contribution is 14.1. The van der Waals surface area contributed by atoms with E-state index in [1.54, 1.807) is 6.07 Å². The Hall–Kier alpha value is -0.0600. The first-order valence-electron chi connectivity index (χ1n) is 4.29. The zero-order chi connectivity index (χ0) is 10.8. The molecule has 3 heteroatoms. The molecule has 0 aliphatic heterocycles. The van der Waals surface area contributed by atoms with E-state index < -0.39 is 0 Å². The molecule has 0 bridgehead atoms. The molecule has 0 amide bonds. The van der Waals surface area contributed by atoms with Crippen LogP contribution in [0.5, 0.6) is 0 Å². The molecule has 0 aromatic heterocycles. The third kappa shape index (κ3) is 2.74. The van der Waals surface area contributed by atoms with Gasteiger partial charge in [0.25, 0.3) is 0 Å². The lowest BCUT2D eigenvalue weighted by Gasteiger charge is -2.05. The molecule has 2 aromatic carbocycles. The van der Waals surface area contributed by atoms with E-state index in [1.165, 1.54) is 3.57 Å². The third-order valence-electron chi connectivity index (χ3n) is 1.99. The maximum absolute atomic E-state index is 5.95. The number of halogens is 3. The quantitative estimate of drug-likeness (QED) is 0.587. The zero-order valence-electron chi connectivity index (χ0n) is 7.60. The standard InChI is InChI=1S/C12H6BrClI/c13-12-5-4-9(14)7-11(12)8-2-1-3-10(15)6-8/h1-4,6-7H. The Morgan fingerprint density at radius 3 is 2.80 bits per heavy atom. The maximum Gasteiger partial charge on any atom is 0.0419 e. The van der Waals surface area contributed by atoms with Gasteiger partial charge in [0, 0.05) is 13.1 Å². The Balaban J connectivity index is 2.58. The minimum absolute atomic E-state index is 0.701. The molecule has 0 unspecified atom stereocenters. The first-order chi connectivity index (χ1) is 7.16. The molecule has 0 fully saturated rings. The predicted molar refractivity (Wildman–Crippen MR) is 76.1 cm³/mol. The topological polar surface area (TPSA) is 0 Å². The maximum atomic E-state index is 5.95. The van der Waals surface area contributed by atoms with Gasteiger partial charge < -0.3 is 0 Å². The fraction of sp³-hybridized carbons (Fsp3) is 0. The van der Waals surface area contributed by atoms with Crippen molar-refractivity contribution in [2.24, 2.45) is 0 Å². The van der Waals surface area contributed by atoms with Gasteiger partial charge in [-0.15, -0.1) is 0 Å². The van der Waals surface area contributed by atoms with Gasteiger partial charge in [-0.05, 0) is 80.0 Å². The van der Waals surface area contributed by atoms with Crippen molar-refractivity contribution in [1.29, 1.82) is 0 Å². The third-order valence-corrected chi connectivity index (χ3v) is 3.54. The Morgan fingerprint density at radius 1 is 1.27 bits per heavy atom. The molecule has 0 saturated carbocycles. The van der Waals surface area contributed by atoms with Crippen LogP contribution in [0.2, 0.25) is 5.02 Å². The van der Waals surface area contributed by atoms with E-state index >= 15 is 0 Å². The van der Waals surface area contributed by atoms with Gasteiger partial charge in [0.2, 0.25) is 0 Å². The van der Waals surface area contributed by atoms with Crippen LogP contribution in [0.1, 0.15) is 0 Å². The molecule has 2 aromatic rings. The van der Waals surface area contributed by atoms with Crippen molar-refractivity contribution in [2.45, 2.75) is 0 Å². The van der Waals surface area contributed by atoms with E-state index in [-0.39, 0.29) is 0 Å². The largest absolute Gasteiger partial charge is 0.0843 e. The monoisotopic (exact) mass is 391 g/mol. The van der Waals surface area contributed by atoms with Crippen LogP contribution in [-0.4, -0.2) is 0 Å². The molecule has 0 nitrogen and oxygen atoms in total. The van der Waals surface area contributed by atoms with Gasteiger partial charge in [0.1, 0.15) is 0 Å². The van der Waals surface area contributed by atoms with Gasteiger partial charge in [-0.2, -0.15) is 0 Å². The summed E-state index contributed by atoms with van der Waals surface area (Å²) in [5.74, 6) is 0. The Morgan fingerprint density at radius 2 is 2.07 bits per heavy atom. The highest BCUT2D eigenvalue weighted by Gasteiger charge is 2.04. The molecule has 0 aliphatic carbocycles. The van der Waals surface area contributed by atoms with Crippen LogP contribution in [-0.2, 0) is 0 Å². The lowest BCUT2D eigenvalue weighted by atomic mass is 10.1. The normalized spacial score (nSPS) is 10.3. The summed E-state index contributed by atoms with van der Waals surface area (Å²) in [4.78, 5) is 0. The predicted octanol–water partition coefficient (Wildman–Crippen LogP) is 5.17. The van der Waals surface area contributed by atoms with Crippen molar-refractivity contribution in [3.05, 3.63) is 55.5 Å². The molecule has 0 saturated heterocycles. The molecular formula is C12H6BrClI. The van der Waals surface area contributed by atoms with Crippen LogP contribution < -0.4 is 0 Å². The van der Waals surface area contributed by atoms with Crippen molar-refractivity contribution in [3.8, 4) is 11.1 Å². The summed E-state index contributed by atoms with van der Waals surface area (Å²) >= 11 is 11.7. The van der Waals surface area contributed by atoms with Gasteiger partial charge >= 0.3 is 0 Å². The molecule has 2 rings (SSSR count). The molecule has 0 spiro atoms. The summed E-state index contributed by atoms with van der Waals surface area (Å²) in [7, 11) is 0. The fourth-order valence-electron chi connectivity index (χ4n) is 1.32. The second-order valence-electron chi connectivity index (χ2n) is 3.06. The summed E-state index contributed by atoms with van der Waals surface area (Å²) in [6.07, 6.45) is 0. The van der Waals surface area contributed by atoms with E-state index in [0.717, 1.165) is 15.6 Å². The highest BCUT2D eigenvalue weighted by atomic mass is 127. The molecule has 0 N–H and O–H groups in total. The van der Waals surface area contributed by atoms with E-state index in [1.807, 2.05) is 12.1 Å². The molecule has 0 aliphatic rings. The smallest absolute Gasteiger partial charge is 0.0419 e. The molecular weight excluding hydrogens is 386 g/mol. The van der Waals surface area contributed by atoms with Crippen molar-refractivity contribution in [2.75, 3.05) is 0 Å². The molecule has 0 atom stereocenters. The van der Waals surface area contributed by atoms with Gasteiger partial charge in [-0.1, -0.05) is 23.7 Å². The van der Waals surface area contributed by atoms with Gasteiger partial charge in [0.15, 0.2) is 0 Å². The molecule has 0 heterocycles. The average Bonchev–Trinajstić information content (AvgIpc) is 2.22. The van der Waals surface area contributed by atoms with Crippen molar-refractivity contribution in [1.82, 2.24) is 0 Å². The van der Waals surface area contributed by atoms with Crippen LogP contribution in [0.15, 0.2) is 40.9 Å². The number of rotatable bonds is 1.